The molecule has 2 rings (SSSR count). The molecule has 1 aliphatic heterocycles. The largest absolute Gasteiger partial charge is 0.497 e. The van der Waals surface area contributed by atoms with Crippen LogP contribution in [0.1, 0.15) is 5.56 Å². The van der Waals surface area contributed by atoms with Gasteiger partial charge >= 0.3 is 0 Å². The Labute approximate surface area is 115 Å². The Kier molecular flexibility index (Phi) is 3.62. The Hall–Kier alpha value is -1.81. The standard InChI is InChI=1S/C14H12ClF2NO/c1-8-10(15)4-5-13(18(8)2)14-11(16)6-9(19-3)7-12(14)17/h4-7H,1H2,2-3H3. The third kappa shape index (κ3) is 2.36. The molecule has 2 nitrogen and oxygen atoms in total. The van der Waals surface area contributed by atoms with Crippen molar-refractivity contribution in [2.75, 3.05) is 14.2 Å². The Morgan fingerprint density at radius 2 is 1.79 bits per heavy atom. The molecule has 0 spiro atoms. The predicted molar refractivity (Wildman–Crippen MR) is 71.7 cm³/mol. The van der Waals surface area contributed by atoms with E-state index in [1.165, 1.54) is 12.0 Å². The number of allylic oxidation sites excluding steroid dienone is 3. The zero-order chi connectivity index (χ0) is 14.2. The van der Waals surface area contributed by atoms with Gasteiger partial charge in [0.2, 0.25) is 0 Å². The molecule has 0 aromatic heterocycles. The van der Waals surface area contributed by atoms with Gasteiger partial charge in [0.1, 0.15) is 17.4 Å². The fourth-order valence-corrected chi connectivity index (χ4v) is 2.02. The van der Waals surface area contributed by atoms with Crippen LogP contribution in [0.3, 0.4) is 0 Å². The Morgan fingerprint density at radius 1 is 1.21 bits per heavy atom. The molecule has 0 unspecified atom stereocenters. The Morgan fingerprint density at radius 3 is 2.32 bits per heavy atom. The van der Waals surface area contributed by atoms with E-state index in [0.717, 1.165) is 12.1 Å². The molecule has 0 amide bonds. The summed E-state index contributed by atoms with van der Waals surface area (Å²) in [7, 11) is 3.00. The molecule has 100 valence electrons. The molecule has 5 heteroatoms. The quantitative estimate of drug-likeness (QED) is 0.816. The first-order valence-corrected chi connectivity index (χ1v) is 5.87. The van der Waals surface area contributed by atoms with E-state index in [9.17, 15) is 8.78 Å². The maximum atomic E-state index is 14.0. The summed E-state index contributed by atoms with van der Waals surface area (Å²) in [5, 5.41) is 0.431. The maximum Gasteiger partial charge on any atom is 0.139 e. The smallest absolute Gasteiger partial charge is 0.139 e. The number of nitrogens with zero attached hydrogens (tertiary/aromatic N) is 1. The third-order valence-corrected chi connectivity index (χ3v) is 3.28. The van der Waals surface area contributed by atoms with Gasteiger partial charge in [-0.1, -0.05) is 18.2 Å². The normalized spacial score (nSPS) is 15.2. The van der Waals surface area contributed by atoms with Gasteiger partial charge in [-0.05, 0) is 12.2 Å². The Balaban J connectivity index is 2.57. The van der Waals surface area contributed by atoms with Crippen molar-refractivity contribution in [1.29, 1.82) is 0 Å². The molecule has 1 aliphatic rings. The van der Waals surface area contributed by atoms with Crippen LogP contribution in [0.2, 0.25) is 0 Å². The fraction of sp³-hybridized carbons (Fsp3) is 0.143. The van der Waals surface area contributed by atoms with E-state index in [1.807, 2.05) is 0 Å². The first-order valence-electron chi connectivity index (χ1n) is 5.49. The van der Waals surface area contributed by atoms with Gasteiger partial charge in [0, 0.05) is 19.2 Å². The molecule has 19 heavy (non-hydrogen) atoms. The summed E-state index contributed by atoms with van der Waals surface area (Å²) >= 11 is 5.91. The lowest BCUT2D eigenvalue weighted by molar-refractivity contribution is 0.406. The average Bonchev–Trinajstić information content (AvgIpc) is 2.37. The van der Waals surface area contributed by atoms with Crippen LogP contribution in [-0.4, -0.2) is 19.1 Å². The van der Waals surface area contributed by atoms with Crippen LogP contribution in [0.5, 0.6) is 5.75 Å². The van der Waals surface area contributed by atoms with Gasteiger partial charge in [-0.2, -0.15) is 0 Å². The first kappa shape index (κ1) is 13.6. The fourth-order valence-electron chi connectivity index (χ4n) is 1.83. The highest BCUT2D eigenvalue weighted by atomic mass is 35.5. The number of rotatable bonds is 2. The second-order valence-corrected chi connectivity index (χ2v) is 4.45. The highest BCUT2D eigenvalue weighted by molar-refractivity contribution is 6.32. The minimum Gasteiger partial charge on any atom is -0.497 e. The lowest BCUT2D eigenvalue weighted by atomic mass is 10.1. The second kappa shape index (κ2) is 5.05. The summed E-state index contributed by atoms with van der Waals surface area (Å²) in [6.07, 6.45) is 3.10. The van der Waals surface area contributed by atoms with Crippen LogP contribution < -0.4 is 4.74 Å². The third-order valence-electron chi connectivity index (χ3n) is 2.94. The van der Waals surface area contributed by atoms with E-state index in [2.05, 4.69) is 6.58 Å². The summed E-state index contributed by atoms with van der Waals surface area (Å²) in [6.45, 7) is 3.76. The monoisotopic (exact) mass is 283 g/mol. The lowest BCUT2D eigenvalue weighted by Gasteiger charge is -2.28. The number of methoxy groups -OCH3 is 1. The number of hydrogen-bond donors (Lipinski definition) is 0. The minimum atomic E-state index is -0.700. The van der Waals surface area contributed by atoms with E-state index < -0.39 is 11.6 Å². The summed E-state index contributed by atoms with van der Waals surface area (Å²) in [6, 6.07) is 2.27. The van der Waals surface area contributed by atoms with Crippen molar-refractivity contribution in [3.63, 3.8) is 0 Å². The summed E-state index contributed by atoms with van der Waals surface area (Å²) in [4.78, 5) is 1.54. The predicted octanol–water partition coefficient (Wildman–Crippen LogP) is 3.90. The van der Waals surface area contributed by atoms with Crippen molar-refractivity contribution < 1.29 is 13.5 Å². The molecule has 0 fully saturated rings. The molecule has 0 saturated heterocycles. The van der Waals surface area contributed by atoms with Gasteiger partial charge < -0.3 is 9.64 Å². The zero-order valence-electron chi connectivity index (χ0n) is 10.5. The van der Waals surface area contributed by atoms with Crippen LogP contribution in [0.15, 0.2) is 41.6 Å². The van der Waals surface area contributed by atoms with Gasteiger partial charge in [-0.25, -0.2) is 8.78 Å². The van der Waals surface area contributed by atoms with E-state index in [-0.39, 0.29) is 11.3 Å². The van der Waals surface area contributed by atoms with Crippen LogP contribution >= 0.6 is 11.6 Å². The van der Waals surface area contributed by atoms with Crippen LogP contribution in [0.25, 0.3) is 5.70 Å². The zero-order valence-corrected chi connectivity index (χ0v) is 11.3. The van der Waals surface area contributed by atoms with Gasteiger partial charge in [-0.3, -0.25) is 0 Å². The van der Waals surface area contributed by atoms with Gasteiger partial charge in [0.25, 0.3) is 0 Å². The van der Waals surface area contributed by atoms with E-state index in [0.29, 0.717) is 16.4 Å². The van der Waals surface area contributed by atoms with Gasteiger partial charge in [0.15, 0.2) is 0 Å². The molecule has 1 aromatic rings. The van der Waals surface area contributed by atoms with Crippen molar-refractivity contribution in [3.8, 4) is 5.75 Å². The van der Waals surface area contributed by atoms with Crippen LogP contribution in [-0.2, 0) is 0 Å². The molecule has 0 N–H and O–H groups in total. The van der Waals surface area contributed by atoms with Crippen LogP contribution in [0, 0.1) is 11.6 Å². The van der Waals surface area contributed by atoms with Crippen molar-refractivity contribution in [2.45, 2.75) is 0 Å². The number of hydrogen-bond acceptors (Lipinski definition) is 2. The van der Waals surface area contributed by atoms with Crippen molar-refractivity contribution in [3.05, 3.63) is 58.8 Å². The van der Waals surface area contributed by atoms with E-state index in [1.54, 1.807) is 19.2 Å². The van der Waals surface area contributed by atoms with E-state index in [4.69, 9.17) is 16.3 Å². The first-order chi connectivity index (χ1) is 8.95. The van der Waals surface area contributed by atoms with E-state index >= 15 is 0 Å². The molecule has 1 heterocycles. The second-order valence-electron chi connectivity index (χ2n) is 4.04. The molecule has 1 aromatic carbocycles. The average molecular weight is 284 g/mol. The lowest BCUT2D eigenvalue weighted by Crippen LogP contribution is -2.19. The summed E-state index contributed by atoms with van der Waals surface area (Å²) in [5.41, 5.74) is 0.700. The number of ether oxygens (including phenoxy) is 1. The molecule has 0 atom stereocenters. The molecule has 0 aliphatic carbocycles. The number of halogens is 3. The van der Waals surface area contributed by atoms with Crippen molar-refractivity contribution in [2.24, 2.45) is 0 Å². The topological polar surface area (TPSA) is 12.5 Å². The van der Waals surface area contributed by atoms with Crippen molar-refractivity contribution in [1.82, 2.24) is 4.90 Å². The molecular formula is C14H12ClF2NO. The molecular weight excluding hydrogens is 272 g/mol. The van der Waals surface area contributed by atoms with Gasteiger partial charge in [-0.15, -0.1) is 0 Å². The van der Waals surface area contributed by atoms with Crippen LogP contribution in [0.4, 0.5) is 8.78 Å². The highest BCUT2D eigenvalue weighted by Crippen LogP contribution is 2.34. The number of benzene rings is 1. The molecule has 0 saturated carbocycles. The number of likely N-dealkylation sites (N-methyl/N-ethyl adjacent to an activating group) is 1. The van der Waals surface area contributed by atoms with Crippen molar-refractivity contribution >= 4 is 17.3 Å². The van der Waals surface area contributed by atoms with Gasteiger partial charge in [0.05, 0.1) is 29.1 Å². The highest BCUT2D eigenvalue weighted by Gasteiger charge is 2.22. The molecule has 0 bridgehead atoms. The summed E-state index contributed by atoms with van der Waals surface area (Å²) in [5.74, 6) is -1.27. The minimum absolute atomic E-state index is 0.130. The SMILES string of the molecule is C=C1C(Cl)=CC=C(c2c(F)cc(OC)cc2F)N1C. The molecule has 0 radical (unpaired) electrons. The Bertz CT molecular complexity index is 584. The summed E-state index contributed by atoms with van der Waals surface area (Å²) < 4.78 is 32.8. The maximum absolute atomic E-state index is 14.0.